The molecule has 0 radical (unpaired) electrons. The van der Waals surface area contributed by atoms with E-state index < -0.39 is 0 Å². The Morgan fingerprint density at radius 3 is 1.62 bits per heavy atom. The zero-order valence-electron chi connectivity index (χ0n) is 11.3. The molecule has 0 N–H and O–H groups in total. The van der Waals surface area contributed by atoms with Crippen LogP contribution in [-0.2, 0) is 9.47 Å². The maximum atomic E-state index is 5.40. The van der Waals surface area contributed by atoms with E-state index in [9.17, 15) is 0 Å². The highest BCUT2D eigenvalue weighted by molar-refractivity contribution is 4.42. The highest BCUT2D eigenvalue weighted by Crippen LogP contribution is 2.04. The van der Waals surface area contributed by atoms with Gasteiger partial charge in [0.05, 0.1) is 0 Å². The van der Waals surface area contributed by atoms with E-state index in [-0.39, 0.29) is 0 Å². The highest BCUT2D eigenvalue weighted by atomic mass is 16.7. The summed E-state index contributed by atoms with van der Waals surface area (Å²) in [5.74, 6) is 0. The molecule has 0 saturated heterocycles. The van der Waals surface area contributed by atoms with Gasteiger partial charge in [0.1, 0.15) is 6.79 Å². The Kier molecular flexibility index (Phi) is 14.8. The molecule has 0 rings (SSSR count). The van der Waals surface area contributed by atoms with E-state index in [0.717, 1.165) is 19.6 Å². The summed E-state index contributed by atoms with van der Waals surface area (Å²) in [5, 5.41) is 0. The molecule has 2 heteroatoms. The van der Waals surface area contributed by atoms with Crippen LogP contribution in [0.3, 0.4) is 0 Å². The van der Waals surface area contributed by atoms with Crippen LogP contribution in [0.1, 0.15) is 71.6 Å². The van der Waals surface area contributed by atoms with Crippen molar-refractivity contribution in [3.8, 4) is 0 Å². The molecular formula is C14H30O2. The summed E-state index contributed by atoms with van der Waals surface area (Å²) >= 11 is 0. The van der Waals surface area contributed by atoms with Gasteiger partial charge in [0.2, 0.25) is 0 Å². The number of ether oxygens (including phenoxy) is 2. The Balaban J connectivity index is 2.83. The molecule has 0 saturated carbocycles. The first-order chi connectivity index (χ1) is 7.91. The van der Waals surface area contributed by atoms with Gasteiger partial charge in [-0.3, -0.25) is 0 Å². The van der Waals surface area contributed by atoms with Crippen LogP contribution in [0.5, 0.6) is 0 Å². The van der Waals surface area contributed by atoms with Crippen molar-refractivity contribution in [3.63, 3.8) is 0 Å². The predicted molar refractivity (Wildman–Crippen MR) is 69.7 cm³/mol. The topological polar surface area (TPSA) is 18.5 Å². The Labute approximate surface area is 102 Å². The van der Waals surface area contributed by atoms with Gasteiger partial charge in [-0.05, 0) is 12.8 Å². The van der Waals surface area contributed by atoms with Crippen LogP contribution < -0.4 is 0 Å². The van der Waals surface area contributed by atoms with Gasteiger partial charge in [-0.25, -0.2) is 0 Å². The van der Waals surface area contributed by atoms with Gasteiger partial charge in [-0.1, -0.05) is 58.8 Å². The van der Waals surface area contributed by atoms with Crippen LogP contribution in [0.15, 0.2) is 0 Å². The Hall–Kier alpha value is -0.0800. The fourth-order valence-corrected chi connectivity index (χ4v) is 1.62. The smallest absolute Gasteiger partial charge is 0.146 e. The van der Waals surface area contributed by atoms with E-state index >= 15 is 0 Å². The van der Waals surface area contributed by atoms with Gasteiger partial charge in [-0.15, -0.1) is 0 Å². The number of unbranched alkanes of at least 4 members (excludes halogenated alkanes) is 7. The molecule has 0 spiro atoms. The van der Waals surface area contributed by atoms with Crippen molar-refractivity contribution in [1.29, 1.82) is 0 Å². The summed E-state index contributed by atoms with van der Waals surface area (Å²) in [6.07, 6.45) is 11.6. The molecule has 0 fully saturated rings. The Bertz CT molecular complexity index is 101. The fourth-order valence-electron chi connectivity index (χ4n) is 1.62. The van der Waals surface area contributed by atoms with Crippen LogP contribution in [0.2, 0.25) is 0 Å². The molecule has 0 bridgehead atoms. The normalized spacial score (nSPS) is 10.9. The van der Waals surface area contributed by atoms with Crippen molar-refractivity contribution >= 4 is 0 Å². The van der Waals surface area contributed by atoms with E-state index in [1.807, 2.05) is 0 Å². The summed E-state index contributed by atoms with van der Waals surface area (Å²) < 4.78 is 10.8. The minimum absolute atomic E-state index is 0.485. The van der Waals surface area contributed by atoms with Crippen molar-refractivity contribution in [2.75, 3.05) is 20.0 Å². The summed E-state index contributed by atoms with van der Waals surface area (Å²) in [5.41, 5.74) is 0. The maximum Gasteiger partial charge on any atom is 0.146 e. The van der Waals surface area contributed by atoms with Crippen molar-refractivity contribution in [3.05, 3.63) is 0 Å². The van der Waals surface area contributed by atoms with Crippen LogP contribution in [-0.4, -0.2) is 20.0 Å². The van der Waals surface area contributed by atoms with E-state index in [1.54, 1.807) is 0 Å². The maximum absolute atomic E-state index is 5.40. The molecule has 0 aliphatic carbocycles. The SMILES string of the molecule is CCCCCCCCOCOCCCCC. The second-order valence-corrected chi connectivity index (χ2v) is 4.41. The van der Waals surface area contributed by atoms with Crippen molar-refractivity contribution < 1.29 is 9.47 Å². The van der Waals surface area contributed by atoms with Crippen LogP contribution >= 0.6 is 0 Å². The first-order valence-corrected chi connectivity index (χ1v) is 7.07. The van der Waals surface area contributed by atoms with Crippen molar-refractivity contribution in [1.82, 2.24) is 0 Å². The number of rotatable bonds is 13. The van der Waals surface area contributed by atoms with Gasteiger partial charge in [0.15, 0.2) is 0 Å². The van der Waals surface area contributed by atoms with Crippen molar-refractivity contribution in [2.24, 2.45) is 0 Å². The minimum atomic E-state index is 0.485. The molecule has 98 valence electrons. The van der Waals surface area contributed by atoms with Crippen molar-refractivity contribution in [2.45, 2.75) is 71.6 Å². The summed E-state index contributed by atoms with van der Waals surface area (Å²) in [4.78, 5) is 0. The van der Waals surface area contributed by atoms with Crippen LogP contribution in [0.25, 0.3) is 0 Å². The standard InChI is InChI=1S/C14H30O2/c1-3-5-7-8-9-11-13-16-14-15-12-10-6-4-2/h3-14H2,1-2H3. The lowest BCUT2D eigenvalue weighted by atomic mass is 10.1. The summed E-state index contributed by atoms with van der Waals surface area (Å²) in [6.45, 7) is 6.65. The van der Waals surface area contributed by atoms with Gasteiger partial charge in [0, 0.05) is 13.2 Å². The first-order valence-electron chi connectivity index (χ1n) is 7.07. The molecule has 16 heavy (non-hydrogen) atoms. The molecule has 2 nitrogen and oxygen atoms in total. The lowest BCUT2D eigenvalue weighted by Crippen LogP contribution is -2.02. The third kappa shape index (κ3) is 13.9. The van der Waals surface area contributed by atoms with Gasteiger partial charge in [0.25, 0.3) is 0 Å². The Morgan fingerprint density at radius 1 is 0.562 bits per heavy atom. The van der Waals surface area contributed by atoms with Crippen LogP contribution in [0, 0.1) is 0 Å². The van der Waals surface area contributed by atoms with E-state index in [2.05, 4.69) is 13.8 Å². The number of hydrogen-bond acceptors (Lipinski definition) is 2. The fraction of sp³-hybridized carbons (Fsp3) is 1.00. The lowest BCUT2D eigenvalue weighted by Gasteiger charge is -2.05. The summed E-state index contributed by atoms with van der Waals surface area (Å²) in [6, 6.07) is 0. The monoisotopic (exact) mass is 230 g/mol. The van der Waals surface area contributed by atoms with Gasteiger partial charge in [-0.2, -0.15) is 0 Å². The van der Waals surface area contributed by atoms with Gasteiger partial charge < -0.3 is 9.47 Å². The molecule has 0 aliphatic heterocycles. The zero-order chi connectivity index (χ0) is 11.9. The largest absolute Gasteiger partial charge is 0.355 e. The number of hydrogen-bond donors (Lipinski definition) is 0. The molecular weight excluding hydrogens is 200 g/mol. The average Bonchev–Trinajstić information content (AvgIpc) is 2.31. The third-order valence-corrected chi connectivity index (χ3v) is 2.70. The van der Waals surface area contributed by atoms with E-state index in [0.29, 0.717) is 6.79 Å². The molecule has 0 aliphatic rings. The zero-order valence-corrected chi connectivity index (χ0v) is 11.3. The van der Waals surface area contributed by atoms with E-state index in [4.69, 9.17) is 9.47 Å². The molecule has 0 heterocycles. The van der Waals surface area contributed by atoms with E-state index in [1.165, 1.54) is 51.4 Å². The second-order valence-electron chi connectivity index (χ2n) is 4.41. The van der Waals surface area contributed by atoms with Crippen LogP contribution in [0.4, 0.5) is 0 Å². The quantitative estimate of drug-likeness (QED) is 0.342. The minimum Gasteiger partial charge on any atom is -0.355 e. The summed E-state index contributed by atoms with van der Waals surface area (Å²) in [7, 11) is 0. The molecule has 0 amide bonds. The third-order valence-electron chi connectivity index (χ3n) is 2.70. The molecule has 0 aromatic carbocycles. The molecule has 0 aromatic heterocycles. The predicted octanol–water partition coefficient (Wildman–Crippen LogP) is 4.53. The van der Waals surface area contributed by atoms with Gasteiger partial charge >= 0.3 is 0 Å². The lowest BCUT2D eigenvalue weighted by molar-refractivity contribution is -0.0555. The average molecular weight is 230 g/mol. The first kappa shape index (κ1) is 15.9. The molecule has 0 aromatic rings. The Morgan fingerprint density at radius 2 is 1.00 bits per heavy atom. The molecule has 0 atom stereocenters. The highest BCUT2D eigenvalue weighted by Gasteiger charge is 1.91. The molecule has 0 unspecified atom stereocenters. The second kappa shape index (κ2) is 14.9.